The van der Waals surface area contributed by atoms with Gasteiger partial charge in [0, 0.05) is 24.2 Å². The van der Waals surface area contributed by atoms with Gasteiger partial charge >= 0.3 is 5.97 Å². The molecule has 0 aliphatic heterocycles. The van der Waals surface area contributed by atoms with E-state index in [9.17, 15) is 9.59 Å². The number of benzene rings is 1. The molecule has 0 amide bonds. The Bertz CT molecular complexity index is 769. The van der Waals surface area contributed by atoms with E-state index >= 15 is 0 Å². The first-order chi connectivity index (χ1) is 12.8. The third-order valence-corrected chi connectivity index (χ3v) is 5.09. The average Bonchev–Trinajstić information content (AvgIpc) is 3.18. The smallest absolute Gasteiger partial charge is 0.309 e. The third kappa shape index (κ3) is 5.26. The van der Waals surface area contributed by atoms with Crippen molar-refractivity contribution in [3.8, 4) is 0 Å². The molecular formula is C21H29N3O3. The fourth-order valence-corrected chi connectivity index (χ4v) is 3.18. The quantitative estimate of drug-likeness (QED) is 0.660. The summed E-state index contributed by atoms with van der Waals surface area (Å²) in [4.78, 5) is 31.4. The molecule has 6 heteroatoms. The Balaban J connectivity index is 2.10. The highest BCUT2D eigenvalue weighted by atomic mass is 16.5. The van der Waals surface area contributed by atoms with Crippen LogP contribution in [0.1, 0.15) is 55.5 Å². The highest BCUT2D eigenvalue weighted by molar-refractivity contribution is 5.85. The first kappa shape index (κ1) is 20.8. The number of hydrogen-bond acceptors (Lipinski definition) is 5. The van der Waals surface area contributed by atoms with E-state index in [1.165, 1.54) is 0 Å². The second kappa shape index (κ2) is 9.46. The first-order valence-corrected chi connectivity index (χ1v) is 9.30. The van der Waals surface area contributed by atoms with Gasteiger partial charge in [0.25, 0.3) is 0 Å². The second-order valence-corrected chi connectivity index (χ2v) is 7.27. The number of aromatic nitrogens is 2. The average molecular weight is 371 g/mol. The van der Waals surface area contributed by atoms with Crippen molar-refractivity contribution in [2.45, 2.75) is 46.6 Å². The summed E-state index contributed by atoms with van der Waals surface area (Å²) < 4.78 is 5.55. The summed E-state index contributed by atoms with van der Waals surface area (Å²) in [5.41, 5.74) is 9.62. The number of H-pyrrole nitrogens is 1. The van der Waals surface area contributed by atoms with Crippen LogP contribution in [-0.2, 0) is 20.9 Å². The Kier molecular flexibility index (Phi) is 7.30. The van der Waals surface area contributed by atoms with Crippen LogP contribution in [0.3, 0.4) is 0 Å². The van der Waals surface area contributed by atoms with Crippen LogP contribution in [0.5, 0.6) is 0 Å². The van der Waals surface area contributed by atoms with E-state index in [1.807, 2.05) is 39.1 Å². The van der Waals surface area contributed by atoms with Crippen molar-refractivity contribution < 1.29 is 14.3 Å². The van der Waals surface area contributed by atoms with Crippen molar-refractivity contribution in [1.29, 1.82) is 0 Å². The molecule has 1 aromatic heterocycles. The predicted octanol–water partition coefficient (Wildman–Crippen LogP) is 3.10. The minimum atomic E-state index is -0.464. The van der Waals surface area contributed by atoms with Crippen LogP contribution >= 0.6 is 0 Å². The largest absolute Gasteiger partial charge is 0.461 e. The molecule has 2 atom stereocenters. The molecule has 1 unspecified atom stereocenters. The fraction of sp³-hybridized carbons (Fsp3) is 0.476. The molecule has 27 heavy (non-hydrogen) atoms. The minimum Gasteiger partial charge on any atom is -0.461 e. The summed E-state index contributed by atoms with van der Waals surface area (Å²) in [5, 5.41) is 0. The van der Waals surface area contributed by atoms with Gasteiger partial charge in [0.05, 0.1) is 18.8 Å². The Morgan fingerprint density at radius 1 is 1.26 bits per heavy atom. The molecule has 0 bridgehead atoms. The maximum Gasteiger partial charge on any atom is 0.309 e. The van der Waals surface area contributed by atoms with Crippen LogP contribution in [-0.4, -0.2) is 28.3 Å². The van der Waals surface area contributed by atoms with E-state index < -0.39 is 5.92 Å². The van der Waals surface area contributed by atoms with Gasteiger partial charge in [-0.25, -0.2) is 4.98 Å². The molecule has 0 fully saturated rings. The third-order valence-electron chi connectivity index (χ3n) is 5.09. The SMILES string of the molecule is Cc1c(COC(=O)C(CC(=O)CN)C(C)C)cccc1[C@H](C)c1cnc[nH]1. The topological polar surface area (TPSA) is 98.1 Å². The summed E-state index contributed by atoms with van der Waals surface area (Å²) >= 11 is 0. The Morgan fingerprint density at radius 3 is 2.59 bits per heavy atom. The molecule has 146 valence electrons. The molecule has 0 spiro atoms. The summed E-state index contributed by atoms with van der Waals surface area (Å²) in [6, 6.07) is 6.00. The van der Waals surface area contributed by atoms with Crippen molar-refractivity contribution in [2.24, 2.45) is 17.6 Å². The van der Waals surface area contributed by atoms with Gasteiger partial charge in [-0.05, 0) is 29.5 Å². The number of carbonyl (C=O) groups is 2. The molecule has 0 aliphatic carbocycles. The van der Waals surface area contributed by atoms with Crippen molar-refractivity contribution in [3.63, 3.8) is 0 Å². The Labute approximate surface area is 160 Å². The highest BCUT2D eigenvalue weighted by Gasteiger charge is 2.26. The van der Waals surface area contributed by atoms with Gasteiger partial charge in [-0.3, -0.25) is 9.59 Å². The van der Waals surface area contributed by atoms with Crippen LogP contribution in [0, 0.1) is 18.8 Å². The number of hydrogen-bond donors (Lipinski definition) is 2. The standard InChI is InChI=1S/C21H29N3O3/c1-13(2)19(8-17(25)9-22)21(26)27-11-16-6-5-7-18(14(16)3)15(4)20-10-23-12-24-20/h5-7,10,12-13,15,19H,8-9,11,22H2,1-4H3,(H,23,24)/t15-,19?/m0/s1. The van der Waals surface area contributed by atoms with Gasteiger partial charge in [-0.2, -0.15) is 0 Å². The molecule has 1 aromatic carbocycles. The zero-order valence-corrected chi connectivity index (χ0v) is 16.5. The number of nitrogens with zero attached hydrogens (tertiary/aromatic N) is 1. The van der Waals surface area contributed by atoms with Gasteiger partial charge in [0.2, 0.25) is 0 Å². The molecule has 1 heterocycles. The molecule has 6 nitrogen and oxygen atoms in total. The molecular weight excluding hydrogens is 342 g/mol. The number of esters is 1. The zero-order valence-electron chi connectivity index (χ0n) is 16.5. The molecule has 0 aliphatic rings. The van der Waals surface area contributed by atoms with Crippen LogP contribution in [0.25, 0.3) is 0 Å². The molecule has 0 saturated heterocycles. The number of nitrogens with two attached hydrogens (primary N) is 1. The minimum absolute atomic E-state index is 0.0147. The van der Waals surface area contributed by atoms with Crippen molar-refractivity contribution in [1.82, 2.24) is 9.97 Å². The van der Waals surface area contributed by atoms with Crippen molar-refractivity contribution in [3.05, 3.63) is 53.1 Å². The number of Topliss-reactive ketones (excluding diaryl/α,β-unsaturated/α-hetero) is 1. The van der Waals surface area contributed by atoms with Crippen LogP contribution < -0.4 is 5.73 Å². The lowest BCUT2D eigenvalue weighted by molar-refractivity contribution is -0.153. The lowest BCUT2D eigenvalue weighted by Gasteiger charge is -2.20. The van der Waals surface area contributed by atoms with E-state index in [0.717, 1.165) is 22.4 Å². The van der Waals surface area contributed by atoms with E-state index in [0.29, 0.717) is 0 Å². The molecule has 0 radical (unpaired) electrons. The molecule has 3 N–H and O–H groups in total. The normalized spacial score (nSPS) is 13.4. The monoisotopic (exact) mass is 371 g/mol. The number of rotatable bonds is 9. The van der Waals surface area contributed by atoms with Crippen LogP contribution in [0.4, 0.5) is 0 Å². The number of ketones is 1. The first-order valence-electron chi connectivity index (χ1n) is 9.30. The maximum atomic E-state index is 12.5. The van der Waals surface area contributed by atoms with Gasteiger partial charge in [-0.15, -0.1) is 0 Å². The Morgan fingerprint density at radius 2 is 2.00 bits per heavy atom. The van der Waals surface area contributed by atoms with Gasteiger partial charge in [0.15, 0.2) is 0 Å². The van der Waals surface area contributed by atoms with E-state index in [4.69, 9.17) is 10.5 Å². The van der Waals surface area contributed by atoms with E-state index in [-0.39, 0.29) is 43.2 Å². The molecule has 2 aromatic rings. The number of aromatic amines is 1. The maximum absolute atomic E-state index is 12.5. The van der Waals surface area contributed by atoms with Gasteiger partial charge in [0.1, 0.15) is 12.4 Å². The van der Waals surface area contributed by atoms with Crippen LogP contribution in [0.2, 0.25) is 0 Å². The van der Waals surface area contributed by atoms with E-state index in [1.54, 1.807) is 6.33 Å². The summed E-state index contributed by atoms with van der Waals surface area (Å²) in [6.45, 7) is 8.10. The lowest BCUT2D eigenvalue weighted by atomic mass is 9.90. The van der Waals surface area contributed by atoms with Crippen molar-refractivity contribution >= 4 is 11.8 Å². The number of imidazole rings is 1. The number of carbonyl (C=O) groups excluding carboxylic acids is 2. The molecule has 0 saturated carbocycles. The Hall–Kier alpha value is -2.47. The van der Waals surface area contributed by atoms with Crippen molar-refractivity contribution in [2.75, 3.05) is 6.54 Å². The van der Waals surface area contributed by atoms with Crippen LogP contribution in [0.15, 0.2) is 30.7 Å². The lowest BCUT2D eigenvalue weighted by Crippen LogP contribution is -2.28. The number of ether oxygens (including phenoxy) is 1. The second-order valence-electron chi connectivity index (χ2n) is 7.27. The van der Waals surface area contributed by atoms with Gasteiger partial charge < -0.3 is 15.5 Å². The number of nitrogens with one attached hydrogen (secondary N) is 1. The van der Waals surface area contributed by atoms with Gasteiger partial charge in [-0.1, -0.05) is 39.0 Å². The molecule has 2 rings (SSSR count). The highest BCUT2D eigenvalue weighted by Crippen LogP contribution is 2.27. The predicted molar refractivity (Wildman–Crippen MR) is 104 cm³/mol. The fourth-order valence-electron chi connectivity index (χ4n) is 3.18. The summed E-state index contributed by atoms with van der Waals surface area (Å²) in [5.74, 6) is -0.765. The summed E-state index contributed by atoms with van der Waals surface area (Å²) in [7, 11) is 0. The zero-order chi connectivity index (χ0) is 20.0. The van der Waals surface area contributed by atoms with E-state index in [2.05, 4.69) is 23.0 Å². The summed E-state index contributed by atoms with van der Waals surface area (Å²) in [6.07, 6.45) is 3.61.